The lowest BCUT2D eigenvalue weighted by Crippen LogP contribution is -2.01. The van der Waals surface area contributed by atoms with E-state index in [9.17, 15) is 0 Å². The maximum Gasteiger partial charge on any atom is 0.205 e. The highest BCUT2D eigenvalue weighted by molar-refractivity contribution is 5.73. The first-order valence-corrected chi connectivity index (χ1v) is 10.1. The molecule has 12 heteroatoms. The van der Waals surface area contributed by atoms with Gasteiger partial charge in [-0.3, -0.25) is 15.1 Å². The lowest BCUT2D eigenvalue weighted by molar-refractivity contribution is 0.928. The molecule has 6 rings (SSSR count). The molecule has 0 bridgehead atoms. The predicted molar refractivity (Wildman–Crippen MR) is 118 cm³/mol. The van der Waals surface area contributed by atoms with Crippen LogP contribution in [0.1, 0.15) is 17.0 Å². The molecule has 1 N–H and O–H groups in total. The lowest BCUT2D eigenvalue weighted by atomic mass is 10.2. The Morgan fingerprint density at radius 2 is 1.52 bits per heavy atom. The number of H-pyrrole nitrogens is 1. The van der Waals surface area contributed by atoms with Gasteiger partial charge in [0.2, 0.25) is 11.6 Å². The highest BCUT2D eigenvalue weighted by Crippen LogP contribution is 2.21. The smallest absolute Gasteiger partial charge is 0.205 e. The Kier molecular flexibility index (Phi) is 4.21. The third-order valence-electron chi connectivity index (χ3n) is 5.22. The van der Waals surface area contributed by atoms with E-state index in [1.807, 2.05) is 32.1 Å². The standard InChI is InChI=1S/C21H16N12/c1-12-14(18-26-28-20(32(18)30-12)16-10-22-6-8-24-16)4-3-5-15-13(2)31-33-19(15)27-29-21(33)17-11-23-7-9-25-17/h3-11,30H,1-2H3/b4-3+,15-5+. The van der Waals surface area contributed by atoms with Crippen LogP contribution in [0.25, 0.3) is 46.5 Å². The van der Waals surface area contributed by atoms with Crippen molar-refractivity contribution in [3.63, 3.8) is 0 Å². The number of nitrogens with one attached hydrogen (secondary N) is 1. The van der Waals surface area contributed by atoms with E-state index in [1.54, 1.807) is 46.2 Å². The number of nitrogens with zero attached hydrogens (tertiary/aromatic N) is 11. The van der Waals surface area contributed by atoms with E-state index in [4.69, 9.17) is 0 Å². The van der Waals surface area contributed by atoms with E-state index in [-0.39, 0.29) is 0 Å². The minimum absolute atomic E-state index is 0.549. The summed E-state index contributed by atoms with van der Waals surface area (Å²) < 4.78 is 3.49. The van der Waals surface area contributed by atoms with E-state index in [1.165, 1.54) is 0 Å². The number of aromatic nitrogens is 12. The zero-order chi connectivity index (χ0) is 22.4. The van der Waals surface area contributed by atoms with E-state index >= 15 is 0 Å². The van der Waals surface area contributed by atoms with Crippen LogP contribution in [-0.2, 0) is 0 Å². The number of hydrogen-bond donors (Lipinski definition) is 1. The van der Waals surface area contributed by atoms with Crippen molar-refractivity contribution in [1.29, 1.82) is 0 Å². The maximum absolute atomic E-state index is 4.58. The normalized spacial score (nSPS) is 12.6. The van der Waals surface area contributed by atoms with Gasteiger partial charge >= 0.3 is 0 Å². The monoisotopic (exact) mass is 436 g/mol. The molecule has 0 unspecified atom stereocenters. The average Bonchev–Trinajstić information content (AvgIpc) is 3.58. The maximum atomic E-state index is 4.58. The van der Waals surface area contributed by atoms with Crippen molar-refractivity contribution in [2.24, 2.45) is 0 Å². The van der Waals surface area contributed by atoms with Crippen molar-refractivity contribution in [1.82, 2.24) is 59.6 Å². The van der Waals surface area contributed by atoms with Crippen LogP contribution in [0.3, 0.4) is 0 Å². The minimum Gasteiger partial charge on any atom is -0.294 e. The van der Waals surface area contributed by atoms with Gasteiger partial charge in [-0.15, -0.1) is 20.4 Å². The largest absolute Gasteiger partial charge is 0.294 e. The minimum atomic E-state index is 0.549. The molecule has 0 radical (unpaired) electrons. The molecule has 6 heterocycles. The van der Waals surface area contributed by atoms with Gasteiger partial charge in [-0.1, -0.05) is 6.08 Å². The van der Waals surface area contributed by atoms with Crippen LogP contribution >= 0.6 is 0 Å². The second kappa shape index (κ2) is 7.37. The third-order valence-corrected chi connectivity index (χ3v) is 5.22. The van der Waals surface area contributed by atoms with E-state index in [2.05, 4.69) is 50.5 Å². The number of hydrogen-bond acceptors (Lipinski definition) is 9. The number of aryl methyl sites for hydroxylation is 2. The van der Waals surface area contributed by atoms with Crippen molar-refractivity contribution in [3.8, 4) is 23.0 Å². The second-order valence-electron chi connectivity index (χ2n) is 7.30. The average molecular weight is 436 g/mol. The number of rotatable bonds is 4. The summed E-state index contributed by atoms with van der Waals surface area (Å²) in [5.41, 5.74) is 5.31. The summed E-state index contributed by atoms with van der Waals surface area (Å²) in [6.45, 7) is 3.91. The van der Waals surface area contributed by atoms with Crippen LogP contribution in [0.5, 0.6) is 0 Å². The van der Waals surface area contributed by atoms with Gasteiger partial charge in [0.25, 0.3) is 0 Å². The quantitative estimate of drug-likeness (QED) is 0.432. The molecular weight excluding hydrogens is 420 g/mol. The predicted octanol–water partition coefficient (Wildman–Crippen LogP) is 1.24. The summed E-state index contributed by atoms with van der Waals surface area (Å²) in [5, 5.41) is 25.9. The first-order chi connectivity index (χ1) is 16.2. The van der Waals surface area contributed by atoms with Crippen molar-refractivity contribution < 1.29 is 0 Å². The fourth-order valence-corrected chi connectivity index (χ4v) is 3.66. The summed E-state index contributed by atoms with van der Waals surface area (Å²) >= 11 is 0. The Labute approximate surface area is 185 Å². The summed E-state index contributed by atoms with van der Waals surface area (Å²) in [6, 6.07) is 0. The van der Waals surface area contributed by atoms with Crippen LogP contribution < -0.4 is 5.22 Å². The molecule has 0 aliphatic heterocycles. The number of fused-ring (bicyclic) bond motifs is 2. The highest BCUT2D eigenvalue weighted by atomic mass is 15.4. The molecular formula is C21H16N12. The molecule has 160 valence electrons. The van der Waals surface area contributed by atoms with E-state index in [0.717, 1.165) is 22.2 Å². The molecule has 0 aliphatic rings. The molecule has 0 aromatic carbocycles. The lowest BCUT2D eigenvalue weighted by Gasteiger charge is -1.94. The fourth-order valence-electron chi connectivity index (χ4n) is 3.66. The zero-order valence-corrected chi connectivity index (χ0v) is 17.6. The van der Waals surface area contributed by atoms with Gasteiger partial charge in [0, 0.05) is 41.3 Å². The molecule has 0 spiro atoms. The van der Waals surface area contributed by atoms with E-state index in [0.29, 0.717) is 34.3 Å². The van der Waals surface area contributed by atoms with Gasteiger partial charge in [-0.25, -0.2) is 14.5 Å². The van der Waals surface area contributed by atoms with Gasteiger partial charge in [-0.05, 0) is 26.0 Å². The third kappa shape index (κ3) is 3.04. The second-order valence-corrected chi connectivity index (χ2v) is 7.30. The van der Waals surface area contributed by atoms with Crippen molar-refractivity contribution in [2.75, 3.05) is 0 Å². The first kappa shape index (κ1) is 18.9. The Morgan fingerprint density at radius 3 is 2.24 bits per heavy atom. The van der Waals surface area contributed by atoms with Crippen molar-refractivity contribution in [3.05, 3.63) is 65.4 Å². The van der Waals surface area contributed by atoms with Gasteiger partial charge < -0.3 is 0 Å². The molecule has 0 saturated heterocycles. The molecule has 6 aromatic rings. The fraction of sp³-hybridized carbons (Fsp3) is 0.0952. The number of aromatic amines is 1. The zero-order valence-electron chi connectivity index (χ0n) is 17.6. The summed E-state index contributed by atoms with van der Waals surface area (Å²) in [7, 11) is 0. The molecule has 0 amide bonds. The Balaban J connectivity index is 1.39. The highest BCUT2D eigenvalue weighted by Gasteiger charge is 2.16. The van der Waals surface area contributed by atoms with E-state index < -0.39 is 0 Å². The Morgan fingerprint density at radius 1 is 0.818 bits per heavy atom. The topological polar surface area (TPSA) is 141 Å². The van der Waals surface area contributed by atoms with Crippen molar-refractivity contribution >= 4 is 23.4 Å². The van der Waals surface area contributed by atoms with Gasteiger partial charge in [0.05, 0.1) is 18.1 Å². The molecule has 0 aliphatic carbocycles. The summed E-state index contributed by atoms with van der Waals surface area (Å²) in [4.78, 5) is 16.8. The molecule has 12 nitrogen and oxygen atoms in total. The summed E-state index contributed by atoms with van der Waals surface area (Å²) in [5.74, 6) is 1.15. The van der Waals surface area contributed by atoms with Crippen LogP contribution in [0.2, 0.25) is 0 Å². The molecule has 0 saturated carbocycles. The SMILES string of the molecule is Cc1[nH]n2c(-c3cnccn3)nnc2c1/C=C/C=c1\c(C)nn2c(-c3cnccn3)nnc12. The van der Waals surface area contributed by atoms with Gasteiger partial charge in [0.15, 0.2) is 11.3 Å². The summed E-state index contributed by atoms with van der Waals surface area (Å²) in [6.07, 6.45) is 15.6. The Bertz CT molecular complexity index is 1680. The van der Waals surface area contributed by atoms with Crippen LogP contribution in [0, 0.1) is 13.8 Å². The van der Waals surface area contributed by atoms with Gasteiger partial charge in [0.1, 0.15) is 11.4 Å². The Hall–Kier alpha value is -4.87. The van der Waals surface area contributed by atoms with Crippen molar-refractivity contribution in [2.45, 2.75) is 13.8 Å². The number of allylic oxidation sites excluding steroid dienone is 1. The first-order valence-electron chi connectivity index (χ1n) is 10.1. The van der Waals surface area contributed by atoms with Crippen LogP contribution in [0.4, 0.5) is 0 Å². The molecule has 6 aromatic heterocycles. The van der Waals surface area contributed by atoms with Crippen LogP contribution in [-0.4, -0.2) is 59.6 Å². The molecule has 0 atom stereocenters. The van der Waals surface area contributed by atoms with Gasteiger partial charge in [-0.2, -0.15) is 9.61 Å². The van der Waals surface area contributed by atoms with Crippen LogP contribution in [0.15, 0.2) is 43.3 Å². The molecule has 0 fully saturated rings. The molecule has 33 heavy (non-hydrogen) atoms.